The molecule has 0 spiro atoms. The first-order valence-corrected chi connectivity index (χ1v) is 12.5. The van der Waals surface area contributed by atoms with E-state index in [1.165, 1.54) is 5.56 Å². The van der Waals surface area contributed by atoms with Gasteiger partial charge in [-0.2, -0.15) is 5.10 Å². The Hall–Kier alpha value is -3.03. The van der Waals surface area contributed by atoms with Crippen molar-refractivity contribution in [1.29, 1.82) is 0 Å². The van der Waals surface area contributed by atoms with Crippen LogP contribution >= 0.6 is 23.6 Å². The van der Waals surface area contributed by atoms with Crippen LogP contribution in [-0.4, -0.2) is 20.7 Å². The van der Waals surface area contributed by atoms with Gasteiger partial charge in [-0.15, -0.1) is 11.3 Å². The van der Waals surface area contributed by atoms with E-state index in [9.17, 15) is 4.79 Å². The molecule has 2 heterocycles. The number of benzene rings is 2. The van der Waals surface area contributed by atoms with Gasteiger partial charge in [0.1, 0.15) is 0 Å². The maximum absolute atomic E-state index is 13.0. The highest BCUT2D eigenvalue weighted by Crippen LogP contribution is 2.27. The average Bonchev–Trinajstić information content (AvgIpc) is 3.47. The van der Waals surface area contributed by atoms with Gasteiger partial charge >= 0.3 is 0 Å². The van der Waals surface area contributed by atoms with E-state index >= 15 is 0 Å². The number of amides is 1. The first-order valence-electron chi connectivity index (χ1n) is 11.2. The molecule has 1 atom stereocenters. The van der Waals surface area contributed by atoms with Gasteiger partial charge in [-0.1, -0.05) is 67.4 Å². The predicted molar refractivity (Wildman–Crippen MR) is 137 cm³/mol. The maximum atomic E-state index is 13.0. The van der Waals surface area contributed by atoms with Crippen LogP contribution in [0.15, 0.2) is 66.0 Å². The molecule has 1 unspecified atom stereocenters. The highest BCUT2D eigenvalue weighted by Gasteiger charge is 2.19. The molecular weight excluding hydrogens is 448 g/mol. The normalized spacial score (nSPS) is 11.9. The van der Waals surface area contributed by atoms with E-state index in [4.69, 9.17) is 12.2 Å². The Morgan fingerprint density at radius 1 is 1.18 bits per heavy atom. The number of thiophene rings is 1. The molecule has 0 fully saturated rings. The summed E-state index contributed by atoms with van der Waals surface area (Å²) in [6, 6.07) is 20.6. The number of aromatic amines is 1. The topological polar surface area (TPSA) is 62.7 Å². The Bertz CT molecular complexity index is 1260. The number of hydrogen-bond acceptors (Lipinski definition) is 4. The fraction of sp³-hybridized carbons (Fsp3) is 0.269. The summed E-state index contributed by atoms with van der Waals surface area (Å²) in [5, 5.41) is 12.5. The number of carbonyl (C=O) groups excluding carboxylic acids is 1. The molecule has 7 heteroatoms. The lowest BCUT2D eigenvalue weighted by Crippen LogP contribution is -2.29. The molecular formula is C26H28N4OS2. The zero-order chi connectivity index (χ0) is 23.2. The summed E-state index contributed by atoms with van der Waals surface area (Å²) in [4.78, 5) is 14.1. The van der Waals surface area contributed by atoms with E-state index in [1.807, 2.05) is 41.1 Å². The zero-order valence-corrected chi connectivity index (χ0v) is 20.5. The monoisotopic (exact) mass is 476 g/mol. The summed E-state index contributed by atoms with van der Waals surface area (Å²) >= 11 is 7.09. The molecule has 0 aliphatic carbocycles. The Balaban J connectivity index is 1.49. The van der Waals surface area contributed by atoms with Gasteiger partial charge in [0, 0.05) is 23.4 Å². The van der Waals surface area contributed by atoms with Crippen molar-refractivity contribution in [3.8, 4) is 11.4 Å². The van der Waals surface area contributed by atoms with Crippen LogP contribution in [-0.2, 0) is 17.8 Å². The smallest absolute Gasteiger partial charge is 0.222 e. The SMILES string of the molecule is CCCc1ccc(C(NC(=O)CCn2c(-c3cccc(C)c3)n[nH]c2=S)c2cccs2)cc1. The van der Waals surface area contributed by atoms with Crippen molar-refractivity contribution >= 4 is 29.5 Å². The molecule has 2 N–H and O–H groups in total. The first kappa shape index (κ1) is 23.1. The van der Waals surface area contributed by atoms with Crippen LogP contribution in [0, 0.1) is 11.7 Å². The molecule has 170 valence electrons. The third-order valence-corrected chi connectivity index (χ3v) is 6.83. The predicted octanol–water partition coefficient (Wildman–Crippen LogP) is 6.23. The molecule has 4 aromatic rings. The van der Waals surface area contributed by atoms with E-state index in [2.05, 4.69) is 58.8 Å². The minimum absolute atomic E-state index is 0.0238. The Morgan fingerprint density at radius 2 is 2.00 bits per heavy atom. The molecule has 2 aromatic carbocycles. The fourth-order valence-corrected chi connectivity index (χ4v) is 4.94. The first-order chi connectivity index (χ1) is 16.0. The van der Waals surface area contributed by atoms with Crippen molar-refractivity contribution in [3.05, 3.63) is 92.4 Å². The number of H-pyrrole nitrogens is 1. The summed E-state index contributed by atoms with van der Waals surface area (Å²) in [6.45, 7) is 4.68. The van der Waals surface area contributed by atoms with E-state index in [0.29, 0.717) is 17.7 Å². The van der Waals surface area contributed by atoms with Gasteiger partial charge in [0.15, 0.2) is 10.6 Å². The Morgan fingerprint density at radius 3 is 2.70 bits per heavy atom. The molecule has 4 rings (SSSR count). The number of rotatable bonds is 9. The second-order valence-corrected chi connectivity index (χ2v) is 9.50. The molecule has 0 saturated heterocycles. The fourth-order valence-electron chi connectivity index (χ4n) is 3.92. The molecule has 33 heavy (non-hydrogen) atoms. The van der Waals surface area contributed by atoms with Crippen LogP contribution in [0.5, 0.6) is 0 Å². The second kappa shape index (κ2) is 10.7. The van der Waals surface area contributed by atoms with Crippen LogP contribution in [0.2, 0.25) is 0 Å². The van der Waals surface area contributed by atoms with Crippen molar-refractivity contribution in [1.82, 2.24) is 20.1 Å². The number of aromatic nitrogens is 3. The van der Waals surface area contributed by atoms with Gasteiger partial charge in [-0.25, -0.2) is 0 Å². The highest BCUT2D eigenvalue weighted by atomic mass is 32.1. The Labute approximate surface area is 203 Å². The number of nitrogens with one attached hydrogen (secondary N) is 2. The lowest BCUT2D eigenvalue weighted by Gasteiger charge is -2.19. The molecule has 1 amide bonds. The summed E-state index contributed by atoms with van der Waals surface area (Å²) < 4.78 is 2.41. The molecule has 2 aromatic heterocycles. The van der Waals surface area contributed by atoms with Gasteiger partial charge in [0.25, 0.3) is 0 Å². The van der Waals surface area contributed by atoms with Crippen LogP contribution in [0.25, 0.3) is 11.4 Å². The van der Waals surface area contributed by atoms with Gasteiger partial charge in [0.05, 0.1) is 6.04 Å². The molecule has 0 aliphatic heterocycles. The average molecular weight is 477 g/mol. The highest BCUT2D eigenvalue weighted by molar-refractivity contribution is 7.71. The summed E-state index contributed by atoms with van der Waals surface area (Å²) in [6.07, 6.45) is 2.48. The molecule has 0 radical (unpaired) electrons. The van der Waals surface area contributed by atoms with Crippen molar-refractivity contribution in [2.45, 2.75) is 45.7 Å². The van der Waals surface area contributed by atoms with E-state index in [1.54, 1.807) is 11.3 Å². The van der Waals surface area contributed by atoms with Crippen molar-refractivity contribution < 1.29 is 4.79 Å². The standard InChI is InChI=1S/C26H28N4OS2/c1-3-6-19-10-12-20(13-11-19)24(22-9-5-16-33-22)27-23(31)14-15-30-25(28-29-26(30)32)21-8-4-7-18(2)17-21/h4-5,7-13,16-17,24H,3,6,14-15H2,1-2H3,(H,27,31)(H,29,32). The van der Waals surface area contributed by atoms with Gasteiger partial charge in [-0.05, 0) is 54.2 Å². The van der Waals surface area contributed by atoms with E-state index < -0.39 is 0 Å². The minimum Gasteiger partial charge on any atom is -0.344 e. The maximum Gasteiger partial charge on any atom is 0.222 e. The Kier molecular flexibility index (Phi) is 7.52. The van der Waals surface area contributed by atoms with E-state index in [0.717, 1.165) is 40.2 Å². The van der Waals surface area contributed by atoms with Crippen LogP contribution < -0.4 is 5.32 Å². The third-order valence-electron chi connectivity index (χ3n) is 5.58. The molecule has 0 aliphatic rings. The molecule has 5 nitrogen and oxygen atoms in total. The second-order valence-electron chi connectivity index (χ2n) is 8.13. The number of hydrogen-bond donors (Lipinski definition) is 2. The minimum atomic E-state index is -0.165. The van der Waals surface area contributed by atoms with Gasteiger partial charge < -0.3 is 5.32 Å². The third kappa shape index (κ3) is 5.67. The number of aryl methyl sites for hydroxylation is 2. The summed E-state index contributed by atoms with van der Waals surface area (Å²) in [7, 11) is 0. The largest absolute Gasteiger partial charge is 0.344 e. The summed E-state index contributed by atoms with van der Waals surface area (Å²) in [5.74, 6) is 0.724. The van der Waals surface area contributed by atoms with Crippen LogP contribution in [0.1, 0.15) is 47.4 Å². The van der Waals surface area contributed by atoms with Gasteiger partial charge in [-0.3, -0.25) is 14.5 Å². The zero-order valence-electron chi connectivity index (χ0n) is 18.9. The van der Waals surface area contributed by atoms with Crippen LogP contribution in [0.3, 0.4) is 0 Å². The number of nitrogens with zero attached hydrogens (tertiary/aromatic N) is 2. The molecule has 0 bridgehead atoms. The van der Waals surface area contributed by atoms with Crippen molar-refractivity contribution in [2.75, 3.05) is 0 Å². The molecule has 0 saturated carbocycles. The van der Waals surface area contributed by atoms with E-state index in [-0.39, 0.29) is 11.9 Å². The van der Waals surface area contributed by atoms with Crippen LogP contribution in [0.4, 0.5) is 0 Å². The van der Waals surface area contributed by atoms with Crippen molar-refractivity contribution in [3.63, 3.8) is 0 Å². The summed E-state index contributed by atoms with van der Waals surface area (Å²) in [5.41, 5.74) is 4.53. The lowest BCUT2D eigenvalue weighted by molar-refractivity contribution is -0.121. The lowest BCUT2D eigenvalue weighted by atomic mass is 10.0. The van der Waals surface area contributed by atoms with Gasteiger partial charge in [0.2, 0.25) is 5.91 Å². The number of carbonyl (C=O) groups is 1. The van der Waals surface area contributed by atoms with Crippen molar-refractivity contribution in [2.24, 2.45) is 0 Å². The quantitative estimate of drug-likeness (QED) is 0.282.